The van der Waals surface area contributed by atoms with Crippen LogP contribution in [0.4, 0.5) is 4.39 Å². The van der Waals surface area contributed by atoms with Crippen LogP contribution in [0.15, 0.2) is 42.5 Å². The molecule has 0 aliphatic carbocycles. The van der Waals surface area contributed by atoms with Gasteiger partial charge in [0.1, 0.15) is 5.82 Å². The number of hydrogen-bond acceptors (Lipinski definition) is 0. The molecule has 0 spiro atoms. The number of rotatable bonds is 3. The molecule has 0 saturated carbocycles. The lowest BCUT2D eigenvalue weighted by Gasteiger charge is -2.11. The molecule has 0 amide bonds. The predicted octanol–water partition coefficient (Wildman–Crippen LogP) is 5.81. The minimum atomic E-state index is -0.230. The molecule has 2 aromatic rings. The molecule has 0 bridgehead atoms. The molecule has 0 radical (unpaired) electrons. The van der Waals surface area contributed by atoms with Crippen molar-refractivity contribution in [2.45, 2.75) is 11.2 Å². The second-order valence-corrected chi connectivity index (χ2v) is 5.89. The molecular formula is C14H10BrCl2F. The summed E-state index contributed by atoms with van der Waals surface area (Å²) >= 11 is 15.4. The summed E-state index contributed by atoms with van der Waals surface area (Å²) in [5.74, 6) is -0.230. The van der Waals surface area contributed by atoms with Crippen molar-refractivity contribution in [3.63, 3.8) is 0 Å². The first-order valence-corrected chi connectivity index (χ1v) is 7.07. The Labute approximate surface area is 124 Å². The van der Waals surface area contributed by atoms with Gasteiger partial charge in [-0.2, -0.15) is 0 Å². The van der Waals surface area contributed by atoms with Gasteiger partial charge in [-0.05, 0) is 41.8 Å². The van der Waals surface area contributed by atoms with E-state index < -0.39 is 0 Å². The quantitative estimate of drug-likeness (QED) is 0.614. The third-order valence-corrected chi connectivity index (χ3v) is 4.20. The Morgan fingerprint density at radius 2 is 1.83 bits per heavy atom. The molecule has 0 aliphatic rings. The van der Waals surface area contributed by atoms with Gasteiger partial charge in [0.15, 0.2) is 0 Å². The third-order valence-electron chi connectivity index (χ3n) is 2.61. The van der Waals surface area contributed by atoms with E-state index in [0.717, 1.165) is 17.5 Å². The monoisotopic (exact) mass is 346 g/mol. The van der Waals surface area contributed by atoms with Crippen LogP contribution in [0.2, 0.25) is 10.0 Å². The maximum absolute atomic E-state index is 13.1. The van der Waals surface area contributed by atoms with E-state index in [9.17, 15) is 4.39 Å². The third kappa shape index (κ3) is 3.47. The van der Waals surface area contributed by atoms with Gasteiger partial charge in [-0.15, -0.1) is 0 Å². The molecule has 94 valence electrons. The van der Waals surface area contributed by atoms with Gasteiger partial charge in [0, 0.05) is 4.83 Å². The lowest BCUT2D eigenvalue weighted by Crippen LogP contribution is -1.96. The van der Waals surface area contributed by atoms with Crippen LogP contribution >= 0.6 is 39.1 Å². The van der Waals surface area contributed by atoms with Gasteiger partial charge in [-0.1, -0.05) is 57.3 Å². The summed E-state index contributed by atoms with van der Waals surface area (Å²) in [5.41, 5.74) is 1.96. The van der Waals surface area contributed by atoms with Crippen LogP contribution in [0.3, 0.4) is 0 Å². The Balaban J connectivity index is 2.16. The Kier molecular flexibility index (Phi) is 4.66. The SMILES string of the molecule is Fc1cccc(C(Br)Cc2ccc(Cl)c(Cl)c2)c1. The van der Waals surface area contributed by atoms with Crippen LogP contribution in [-0.2, 0) is 6.42 Å². The van der Waals surface area contributed by atoms with Crippen LogP contribution in [-0.4, -0.2) is 0 Å². The van der Waals surface area contributed by atoms with Gasteiger partial charge in [-0.25, -0.2) is 4.39 Å². The number of hydrogen-bond donors (Lipinski definition) is 0. The molecule has 18 heavy (non-hydrogen) atoms. The van der Waals surface area contributed by atoms with E-state index in [-0.39, 0.29) is 10.6 Å². The molecule has 0 aliphatic heterocycles. The molecule has 2 rings (SSSR count). The highest BCUT2D eigenvalue weighted by Gasteiger charge is 2.10. The van der Waals surface area contributed by atoms with Gasteiger partial charge < -0.3 is 0 Å². The zero-order valence-electron chi connectivity index (χ0n) is 9.34. The highest BCUT2D eigenvalue weighted by Crippen LogP contribution is 2.30. The molecule has 0 heterocycles. The van der Waals surface area contributed by atoms with Crippen LogP contribution in [0.5, 0.6) is 0 Å². The zero-order valence-corrected chi connectivity index (χ0v) is 12.4. The predicted molar refractivity (Wildman–Crippen MR) is 78.2 cm³/mol. The first kappa shape index (κ1) is 13.9. The molecule has 1 unspecified atom stereocenters. The van der Waals surface area contributed by atoms with Crippen molar-refractivity contribution >= 4 is 39.1 Å². The first-order chi connectivity index (χ1) is 8.56. The fourth-order valence-electron chi connectivity index (χ4n) is 1.69. The van der Waals surface area contributed by atoms with Gasteiger partial charge in [0.05, 0.1) is 10.0 Å². The van der Waals surface area contributed by atoms with Crippen LogP contribution in [0, 0.1) is 5.82 Å². The van der Waals surface area contributed by atoms with Crippen molar-refractivity contribution in [1.29, 1.82) is 0 Å². The second-order valence-electron chi connectivity index (χ2n) is 3.98. The number of benzene rings is 2. The average molecular weight is 348 g/mol. The number of halogens is 4. The minimum Gasteiger partial charge on any atom is -0.207 e. The smallest absolute Gasteiger partial charge is 0.123 e. The van der Waals surface area contributed by atoms with Crippen molar-refractivity contribution in [2.24, 2.45) is 0 Å². The maximum atomic E-state index is 13.1. The highest BCUT2D eigenvalue weighted by molar-refractivity contribution is 9.09. The summed E-state index contributed by atoms with van der Waals surface area (Å²) < 4.78 is 13.1. The molecular weight excluding hydrogens is 338 g/mol. The van der Waals surface area contributed by atoms with Crippen LogP contribution in [0.1, 0.15) is 16.0 Å². The van der Waals surface area contributed by atoms with Gasteiger partial charge in [0.25, 0.3) is 0 Å². The van der Waals surface area contributed by atoms with Crippen LogP contribution in [0.25, 0.3) is 0 Å². The van der Waals surface area contributed by atoms with E-state index in [1.165, 1.54) is 12.1 Å². The average Bonchev–Trinajstić information content (AvgIpc) is 2.34. The highest BCUT2D eigenvalue weighted by atomic mass is 79.9. The standard InChI is InChI=1S/C14H10BrCl2F/c15-12(10-2-1-3-11(18)8-10)6-9-4-5-13(16)14(17)7-9/h1-5,7-8,12H,6H2. The molecule has 0 saturated heterocycles. The number of alkyl halides is 1. The molecule has 4 heteroatoms. The molecule has 0 N–H and O–H groups in total. The van der Waals surface area contributed by atoms with Crippen molar-refractivity contribution in [3.8, 4) is 0 Å². The van der Waals surface area contributed by atoms with E-state index in [2.05, 4.69) is 15.9 Å². The summed E-state index contributed by atoms with van der Waals surface area (Å²) in [5, 5.41) is 1.07. The lowest BCUT2D eigenvalue weighted by molar-refractivity contribution is 0.625. The van der Waals surface area contributed by atoms with Crippen LogP contribution < -0.4 is 0 Å². The fraction of sp³-hybridized carbons (Fsp3) is 0.143. The fourth-order valence-corrected chi connectivity index (χ4v) is 2.67. The summed E-state index contributed by atoms with van der Waals surface area (Å²) in [4.78, 5) is 0.0467. The van der Waals surface area contributed by atoms with Gasteiger partial charge in [-0.3, -0.25) is 0 Å². The van der Waals surface area contributed by atoms with E-state index in [1.807, 2.05) is 18.2 Å². The molecule has 2 aromatic carbocycles. The summed E-state index contributed by atoms with van der Waals surface area (Å²) in [7, 11) is 0. The van der Waals surface area contributed by atoms with Gasteiger partial charge in [0.2, 0.25) is 0 Å². The van der Waals surface area contributed by atoms with Crippen molar-refractivity contribution in [2.75, 3.05) is 0 Å². The van der Waals surface area contributed by atoms with E-state index in [1.54, 1.807) is 12.1 Å². The Morgan fingerprint density at radius 1 is 1.06 bits per heavy atom. The normalized spacial score (nSPS) is 12.4. The second kappa shape index (κ2) is 6.05. The largest absolute Gasteiger partial charge is 0.207 e. The first-order valence-electron chi connectivity index (χ1n) is 5.40. The Morgan fingerprint density at radius 3 is 2.50 bits per heavy atom. The lowest BCUT2D eigenvalue weighted by atomic mass is 10.0. The zero-order chi connectivity index (χ0) is 13.1. The van der Waals surface area contributed by atoms with Crippen molar-refractivity contribution < 1.29 is 4.39 Å². The van der Waals surface area contributed by atoms with Gasteiger partial charge >= 0.3 is 0 Å². The summed E-state index contributed by atoms with van der Waals surface area (Å²) in [6.45, 7) is 0. The minimum absolute atomic E-state index is 0.0467. The maximum Gasteiger partial charge on any atom is 0.123 e. The Bertz CT molecular complexity index is 557. The molecule has 0 fully saturated rings. The molecule has 1 atom stereocenters. The van der Waals surface area contributed by atoms with Crippen molar-refractivity contribution in [3.05, 3.63) is 69.5 Å². The van der Waals surface area contributed by atoms with E-state index in [0.29, 0.717) is 10.0 Å². The summed E-state index contributed by atoms with van der Waals surface area (Å²) in [6, 6.07) is 12.1. The van der Waals surface area contributed by atoms with E-state index in [4.69, 9.17) is 23.2 Å². The topological polar surface area (TPSA) is 0 Å². The Hall–Kier alpha value is -0.570. The summed E-state index contributed by atoms with van der Waals surface area (Å²) in [6.07, 6.45) is 0.723. The van der Waals surface area contributed by atoms with Crippen molar-refractivity contribution in [1.82, 2.24) is 0 Å². The molecule has 0 aromatic heterocycles. The van der Waals surface area contributed by atoms with E-state index >= 15 is 0 Å². The molecule has 0 nitrogen and oxygen atoms in total.